The summed E-state index contributed by atoms with van der Waals surface area (Å²) in [6, 6.07) is 7.82. The highest BCUT2D eigenvalue weighted by Crippen LogP contribution is 2.18. The summed E-state index contributed by atoms with van der Waals surface area (Å²) in [5.41, 5.74) is 3.31. The van der Waals surface area contributed by atoms with Crippen molar-refractivity contribution in [3.8, 4) is 5.95 Å². The highest BCUT2D eigenvalue weighted by Gasteiger charge is 2.07. The van der Waals surface area contributed by atoms with Gasteiger partial charge in [-0.3, -0.25) is 0 Å². The van der Waals surface area contributed by atoms with Gasteiger partial charge in [0.05, 0.1) is 0 Å². The molecular formula is C14H13ClN6. The molecule has 2 heterocycles. The number of aromatic nitrogens is 5. The van der Waals surface area contributed by atoms with E-state index in [0.29, 0.717) is 11.9 Å². The number of rotatable bonds is 3. The molecule has 0 saturated carbocycles. The number of aryl methyl sites for hydroxylation is 2. The third kappa shape index (κ3) is 3.00. The van der Waals surface area contributed by atoms with E-state index in [0.717, 1.165) is 5.69 Å². The van der Waals surface area contributed by atoms with Gasteiger partial charge in [-0.2, -0.15) is 20.1 Å². The van der Waals surface area contributed by atoms with Crippen LogP contribution in [0, 0.1) is 13.8 Å². The Morgan fingerprint density at radius 2 is 1.95 bits per heavy atom. The van der Waals surface area contributed by atoms with Crippen molar-refractivity contribution in [1.82, 2.24) is 24.7 Å². The Labute approximate surface area is 126 Å². The summed E-state index contributed by atoms with van der Waals surface area (Å²) in [5.74, 6) is 0.745. The minimum atomic E-state index is 0.113. The molecule has 0 unspecified atom stereocenters. The van der Waals surface area contributed by atoms with Gasteiger partial charge >= 0.3 is 0 Å². The molecule has 1 aromatic carbocycles. The summed E-state index contributed by atoms with van der Waals surface area (Å²) in [7, 11) is 0. The third-order valence-corrected chi connectivity index (χ3v) is 3.24. The zero-order valence-corrected chi connectivity index (χ0v) is 12.3. The van der Waals surface area contributed by atoms with Crippen LogP contribution < -0.4 is 5.32 Å². The standard InChI is InChI=1S/C14H13ClN6/c1-9-4-5-11(8-10(9)2)17-13-18-12(15)19-14(20-13)21-7-3-6-16-21/h3-8H,1-2H3,(H,17,18,19,20). The molecule has 0 aliphatic rings. The summed E-state index contributed by atoms with van der Waals surface area (Å²) in [5, 5.41) is 7.32. The van der Waals surface area contributed by atoms with Gasteiger partial charge in [0.25, 0.3) is 5.95 Å². The quantitative estimate of drug-likeness (QED) is 0.805. The molecule has 106 valence electrons. The SMILES string of the molecule is Cc1ccc(Nc2nc(Cl)nc(-n3cccn3)n2)cc1C. The maximum atomic E-state index is 5.95. The average molecular weight is 301 g/mol. The lowest BCUT2D eigenvalue weighted by Gasteiger charge is -2.08. The molecule has 0 fully saturated rings. The largest absolute Gasteiger partial charge is 0.324 e. The van der Waals surface area contributed by atoms with E-state index in [1.54, 1.807) is 18.5 Å². The summed E-state index contributed by atoms with van der Waals surface area (Å²) < 4.78 is 1.53. The van der Waals surface area contributed by atoms with E-state index in [9.17, 15) is 0 Å². The third-order valence-electron chi connectivity index (χ3n) is 3.07. The Morgan fingerprint density at radius 1 is 1.10 bits per heavy atom. The van der Waals surface area contributed by atoms with Gasteiger partial charge in [0.1, 0.15) is 0 Å². The van der Waals surface area contributed by atoms with Crippen molar-refractivity contribution < 1.29 is 0 Å². The van der Waals surface area contributed by atoms with Gasteiger partial charge in [-0.25, -0.2) is 4.68 Å². The van der Waals surface area contributed by atoms with E-state index in [1.807, 2.05) is 18.2 Å². The second-order valence-corrected chi connectivity index (χ2v) is 4.94. The van der Waals surface area contributed by atoms with Crippen molar-refractivity contribution in [2.45, 2.75) is 13.8 Å². The molecule has 21 heavy (non-hydrogen) atoms. The van der Waals surface area contributed by atoms with Crippen LogP contribution in [-0.4, -0.2) is 24.7 Å². The number of benzene rings is 1. The van der Waals surface area contributed by atoms with Crippen LogP contribution in [0.15, 0.2) is 36.7 Å². The molecule has 0 spiro atoms. The molecule has 3 aromatic rings. The van der Waals surface area contributed by atoms with Crippen LogP contribution in [0.2, 0.25) is 5.28 Å². The average Bonchev–Trinajstić information content (AvgIpc) is 2.96. The van der Waals surface area contributed by atoms with E-state index in [4.69, 9.17) is 11.6 Å². The number of nitrogens with one attached hydrogen (secondary N) is 1. The molecule has 0 bridgehead atoms. The summed E-state index contributed by atoms with van der Waals surface area (Å²) in [4.78, 5) is 12.4. The first-order chi connectivity index (χ1) is 10.1. The maximum Gasteiger partial charge on any atom is 0.256 e. The Kier molecular flexibility index (Phi) is 3.53. The van der Waals surface area contributed by atoms with Gasteiger partial charge in [-0.15, -0.1) is 0 Å². The zero-order chi connectivity index (χ0) is 14.8. The predicted octanol–water partition coefficient (Wildman–Crippen LogP) is 3.07. The molecule has 2 aromatic heterocycles. The van der Waals surface area contributed by atoms with E-state index in [2.05, 4.69) is 39.2 Å². The minimum Gasteiger partial charge on any atom is -0.324 e. The van der Waals surface area contributed by atoms with Crippen LogP contribution in [0.25, 0.3) is 5.95 Å². The molecule has 6 nitrogen and oxygen atoms in total. The van der Waals surface area contributed by atoms with Crippen LogP contribution >= 0.6 is 11.6 Å². The molecule has 3 rings (SSSR count). The molecule has 1 N–H and O–H groups in total. The van der Waals surface area contributed by atoms with Gasteiger partial charge in [-0.05, 0) is 54.8 Å². The fourth-order valence-corrected chi connectivity index (χ4v) is 1.99. The Bertz CT molecular complexity index is 769. The van der Waals surface area contributed by atoms with Crippen LogP contribution in [-0.2, 0) is 0 Å². The predicted molar refractivity (Wildman–Crippen MR) is 81.2 cm³/mol. The van der Waals surface area contributed by atoms with Crippen LogP contribution in [0.1, 0.15) is 11.1 Å². The van der Waals surface area contributed by atoms with Crippen molar-refractivity contribution in [3.05, 3.63) is 53.1 Å². The molecule has 0 saturated heterocycles. The van der Waals surface area contributed by atoms with E-state index >= 15 is 0 Å². The van der Waals surface area contributed by atoms with Crippen LogP contribution in [0.3, 0.4) is 0 Å². The first-order valence-electron chi connectivity index (χ1n) is 6.38. The number of nitrogens with zero attached hydrogens (tertiary/aromatic N) is 5. The van der Waals surface area contributed by atoms with Gasteiger partial charge in [0, 0.05) is 18.1 Å². The van der Waals surface area contributed by atoms with Crippen molar-refractivity contribution >= 4 is 23.2 Å². The molecule has 0 radical (unpaired) electrons. The fourth-order valence-electron chi connectivity index (χ4n) is 1.83. The van der Waals surface area contributed by atoms with Gasteiger partial charge in [-0.1, -0.05) is 6.07 Å². The molecule has 0 atom stereocenters. The number of hydrogen-bond acceptors (Lipinski definition) is 5. The monoisotopic (exact) mass is 300 g/mol. The topological polar surface area (TPSA) is 68.5 Å². The lowest BCUT2D eigenvalue weighted by atomic mass is 10.1. The van der Waals surface area contributed by atoms with Crippen LogP contribution in [0.4, 0.5) is 11.6 Å². The van der Waals surface area contributed by atoms with E-state index in [1.165, 1.54) is 15.8 Å². The van der Waals surface area contributed by atoms with Crippen molar-refractivity contribution in [2.75, 3.05) is 5.32 Å². The lowest BCUT2D eigenvalue weighted by molar-refractivity contribution is 0.798. The molecule has 0 aliphatic heterocycles. The molecule has 0 amide bonds. The van der Waals surface area contributed by atoms with Gasteiger partial charge in [0.15, 0.2) is 0 Å². The fraction of sp³-hybridized carbons (Fsp3) is 0.143. The van der Waals surface area contributed by atoms with E-state index in [-0.39, 0.29) is 5.28 Å². The zero-order valence-electron chi connectivity index (χ0n) is 11.6. The maximum absolute atomic E-state index is 5.95. The number of anilines is 2. The smallest absolute Gasteiger partial charge is 0.256 e. The second kappa shape index (κ2) is 5.49. The molecule has 7 heteroatoms. The summed E-state index contributed by atoms with van der Waals surface area (Å²) in [6.45, 7) is 4.12. The summed E-state index contributed by atoms with van der Waals surface area (Å²) in [6.07, 6.45) is 3.39. The number of halogens is 1. The first kappa shape index (κ1) is 13.5. The summed E-state index contributed by atoms with van der Waals surface area (Å²) >= 11 is 5.95. The van der Waals surface area contributed by atoms with Crippen LogP contribution in [0.5, 0.6) is 0 Å². The van der Waals surface area contributed by atoms with Crippen molar-refractivity contribution in [3.63, 3.8) is 0 Å². The van der Waals surface area contributed by atoms with E-state index < -0.39 is 0 Å². The molecule has 0 aliphatic carbocycles. The Balaban J connectivity index is 1.93. The minimum absolute atomic E-state index is 0.113. The van der Waals surface area contributed by atoms with Crippen molar-refractivity contribution in [1.29, 1.82) is 0 Å². The lowest BCUT2D eigenvalue weighted by Crippen LogP contribution is -2.07. The number of hydrogen-bond donors (Lipinski definition) is 1. The highest BCUT2D eigenvalue weighted by atomic mass is 35.5. The first-order valence-corrected chi connectivity index (χ1v) is 6.75. The van der Waals surface area contributed by atoms with Crippen molar-refractivity contribution in [2.24, 2.45) is 0 Å². The second-order valence-electron chi connectivity index (χ2n) is 4.60. The Morgan fingerprint density at radius 3 is 2.67 bits per heavy atom. The van der Waals surface area contributed by atoms with Gasteiger partial charge < -0.3 is 5.32 Å². The van der Waals surface area contributed by atoms with Gasteiger partial charge in [0.2, 0.25) is 11.2 Å². The molecular weight excluding hydrogens is 288 g/mol. The highest BCUT2D eigenvalue weighted by molar-refractivity contribution is 6.28. The normalized spacial score (nSPS) is 10.6. The Hall–Kier alpha value is -2.47.